The summed E-state index contributed by atoms with van der Waals surface area (Å²) in [4.78, 5) is 23.8. The zero-order valence-corrected chi connectivity index (χ0v) is 14.5. The number of anilines is 3. The molecular weight excluding hydrogens is 328 g/mol. The number of aromatic nitrogens is 4. The highest BCUT2D eigenvalue weighted by Crippen LogP contribution is 2.36. The highest BCUT2D eigenvalue weighted by atomic mass is 16.1. The Morgan fingerprint density at radius 1 is 1.15 bits per heavy atom. The largest absolute Gasteiger partial charge is 0.318 e. The summed E-state index contributed by atoms with van der Waals surface area (Å²) in [6, 6.07) is 3.73. The SMILES string of the molecule is CCN1c2ncc(/C=C/c3cn[nH]c3)cc2C(=O)Nc2c(C)ccnc21. The van der Waals surface area contributed by atoms with Crippen LogP contribution in [0.25, 0.3) is 12.2 Å². The molecule has 3 aromatic heterocycles. The van der Waals surface area contributed by atoms with E-state index in [0.717, 1.165) is 22.4 Å². The van der Waals surface area contributed by atoms with E-state index in [1.807, 2.05) is 43.0 Å². The Balaban J connectivity index is 1.79. The number of rotatable bonds is 3. The third-order valence-electron chi connectivity index (χ3n) is 4.33. The number of hydrogen-bond donors (Lipinski definition) is 2. The predicted octanol–water partition coefficient (Wildman–Crippen LogP) is 3.40. The molecule has 7 heteroatoms. The van der Waals surface area contributed by atoms with Gasteiger partial charge in [0.2, 0.25) is 0 Å². The maximum absolute atomic E-state index is 12.8. The first-order valence-electron chi connectivity index (χ1n) is 8.38. The molecule has 0 saturated carbocycles. The molecule has 0 bridgehead atoms. The van der Waals surface area contributed by atoms with Gasteiger partial charge in [0.05, 0.1) is 17.4 Å². The molecule has 4 rings (SSSR count). The van der Waals surface area contributed by atoms with Gasteiger partial charge < -0.3 is 10.2 Å². The second-order valence-electron chi connectivity index (χ2n) is 6.03. The molecule has 1 amide bonds. The van der Waals surface area contributed by atoms with Crippen molar-refractivity contribution in [2.75, 3.05) is 16.8 Å². The summed E-state index contributed by atoms with van der Waals surface area (Å²) in [5.74, 6) is 1.15. The number of amides is 1. The maximum atomic E-state index is 12.8. The van der Waals surface area contributed by atoms with Gasteiger partial charge in [-0.3, -0.25) is 9.89 Å². The first kappa shape index (κ1) is 16.0. The van der Waals surface area contributed by atoms with Gasteiger partial charge in [-0.15, -0.1) is 0 Å². The summed E-state index contributed by atoms with van der Waals surface area (Å²) in [5.41, 5.74) is 4.01. The number of aromatic amines is 1. The number of nitrogens with zero attached hydrogens (tertiary/aromatic N) is 4. The monoisotopic (exact) mass is 346 g/mol. The minimum absolute atomic E-state index is 0.181. The lowest BCUT2D eigenvalue weighted by atomic mass is 10.1. The third-order valence-corrected chi connectivity index (χ3v) is 4.33. The van der Waals surface area contributed by atoms with Crippen LogP contribution in [0.1, 0.15) is 34.0 Å². The number of aryl methyl sites for hydroxylation is 1. The van der Waals surface area contributed by atoms with Gasteiger partial charge in [0.1, 0.15) is 5.82 Å². The molecule has 7 nitrogen and oxygen atoms in total. The van der Waals surface area contributed by atoms with Crippen LogP contribution in [0.5, 0.6) is 0 Å². The van der Waals surface area contributed by atoms with E-state index in [-0.39, 0.29) is 5.91 Å². The van der Waals surface area contributed by atoms with Crippen LogP contribution in [0, 0.1) is 6.92 Å². The Morgan fingerprint density at radius 2 is 2.00 bits per heavy atom. The summed E-state index contributed by atoms with van der Waals surface area (Å²) in [7, 11) is 0. The Hall–Kier alpha value is -3.48. The standard InChI is InChI=1S/C19H18N6O/c1-3-25-17-15(19(26)24-16-12(2)6-7-20-18(16)25)8-13(9-21-17)4-5-14-10-22-23-11-14/h4-11H,3H2,1-2H3,(H,22,23)(H,24,26)/b5-4+. The van der Waals surface area contributed by atoms with Gasteiger partial charge >= 0.3 is 0 Å². The number of carbonyl (C=O) groups excluding carboxylic acids is 1. The van der Waals surface area contributed by atoms with Crippen LogP contribution in [0.15, 0.2) is 36.9 Å². The molecular formula is C19H18N6O. The lowest BCUT2D eigenvalue weighted by Gasteiger charge is -2.22. The Morgan fingerprint density at radius 3 is 2.77 bits per heavy atom. The summed E-state index contributed by atoms with van der Waals surface area (Å²) in [6.07, 6.45) is 10.8. The number of pyridine rings is 2. The number of fused-ring (bicyclic) bond motifs is 2. The molecule has 1 aliphatic heterocycles. The van der Waals surface area contributed by atoms with Crippen LogP contribution in [0.2, 0.25) is 0 Å². The normalized spacial score (nSPS) is 13.3. The van der Waals surface area contributed by atoms with Crippen LogP contribution >= 0.6 is 0 Å². The molecule has 4 heterocycles. The van der Waals surface area contributed by atoms with Crippen molar-refractivity contribution in [1.29, 1.82) is 0 Å². The zero-order valence-electron chi connectivity index (χ0n) is 14.5. The van der Waals surface area contributed by atoms with Crippen LogP contribution in [-0.2, 0) is 0 Å². The van der Waals surface area contributed by atoms with E-state index in [9.17, 15) is 4.79 Å². The highest BCUT2D eigenvalue weighted by Gasteiger charge is 2.27. The van der Waals surface area contributed by atoms with Crippen LogP contribution in [0.3, 0.4) is 0 Å². The van der Waals surface area contributed by atoms with Crippen molar-refractivity contribution in [2.45, 2.75) is 13.8 Å². The summed E-state index contributed by atoms with van der Waals surface area (Å²) in [6.45, 7) is 4.63. The predicted molar refractivity (Wildman–Crippen MR) is 101 cm³/mol. The van der Waals surface area contributed by atoms with E-state index in [2.05, 4.69) is 25.5 Å². The molecule has 26 heavy (non-hydrogen) atoms. The molecule has 0 saturated heterocycles. The van der Waals surface area contributed by atoms with E-state index in [0.29, 0.717) is 23.7 Å². The molecule has 0 atom stereocenters. The fourth-order valence-electron chi connectivity index (χ4n) is 2.98. The summed E-state index contributed by atoms with van der Waals surface area (Å²) in [5, 5.41) is 9.66. The fourth-order valence-corrected chi connectivity index (χ4v) is 2.98. The lowest BCUT2D eigenvalue weighted by molar-refractivity contribution is 0.102. The summed E-state index contributed by atoms with van der Waals surface area (Å²) >= 11 is 0. The van der Waals surface area contributed by atoms with Crippen molar-refractivity contribution in [3.05, 3.63) is 59.2 Å². The van der Waals surface area contributed by atoms with Crippen molar-refractivity contribution in [1.82, 2.24) is 20.2 Å². The number of carbonyl (C=O) groups is 1. The van der Waals surface area contributed by atoms with Crippen molar-refractivity contribution in [2.24, 2.45) is 0 Å². The molecule has 3 aromatic rings. The minimum atomic E-state index is -0.181. The molecule has 0 spiro atoms. The quantitative estimate of drug-likeness (QED) is 0.759. The minimum Gasteiger partial charge on any atom is -0.318 e. The van der Waals surface area contributed by atoms with Crippen molar-refractivity contribution in [3.8, 4) is 0 Å². The molecule has 1 aliphatic rings. The molecule has 130 valence electrons. The van der Waals surface area contributed by atoms with Gasteiger partial charge in [0.15, 0.2) is 5.82 Å². The number of nitrogens with one attached hydrogen (secondary N) is 2. The molecule has 0 fully saturated rings. The van der Waals surface area contributed by atoms with Crippen molar-refractivity contribution in [3.63, 3.8) is 0 Å². The van der Waals surface area contributed by atoms with Gasteiger partial charge in [-0.2, -0.15) is 5.10 Å². The molecule has 0 aliphatic carbocycles. The molecule has 2 N–H and O–H groups in total. The Kier molecular flexibility index (Phi) is 3.96. The van der Waals surface area contributed by atoms with Crippen LogP contribution in [-0.4, -0.2) is 32.6 Å². The van der Waals surface area contributed by atoms with E-state index in [1.54, 1.807) is 24.8 Å². The zero-order chi connectivity index (χ0) is 18.1. The van der Waals surface area contributed by atoms with Crippen LogP contribution in [0.4, 0.5) is 17.3 Å². The number of H-pyrrole nitrogens is 1. The topological polar surface area (TPSA) is 86.8 Å². The van der Waals surface area contributed by atoms with Crippen molar-refractivity contribution >= 4 is 35.4 Å². The highest BCUT2D eigenvalue weighted by molar-refractivity contribution is 6.12. The van der Waals surface area contributed by atoms with E-state index < -0.39 is 0 Å². The van der Waals surface area contributed by atoms with Gasteiger partial charge in [-0.05, 0) is 37.1 Å². The first-order valence-corrected chi connectivity index (χ1v) is 8.38. The molecule has 0 radical (unpaired) electrons. The van der Waals surface area contributed by atoms with E-state index in [1.165, 1.54) is 0 Å². The average Bonchev–Trinajstić information content (AvgIpc) is 3.13. The fraction of sp³-hybridized carbons (Fsp3) is 0.158. The van der Waals surface area contributed by atoms with Crippen molar-refractivity contribution < 1.29 is 4.79 Å². The molecule has 0 aromatic carbocycles. The van der Waals surface area contributed by atoms with Gasteiger partial charge in [0, 0.05) is 30.7 Å². The lowest BCUT2D eigenvalue weighted by Crippen LogP contribution is -2.20. The van der Waals surface area contributed by atoms with E-state index >= 15 is 0 Å². The summed E-state index contributed by atoms with van der Waals surface area (Å²) < 4.78 is 0. The smallest absolute Gasteiger partial charge is 0.259 e. The second kappa shape index (κ2) is 6.44. The van der Waals surface area contributed by atoms with Gasteiger partial charge in [0.25, 0.3) is 5.91 Å². The maximum Gasteiger partial charge on any atom is 0.259 e. The van der Waals surface area contributed by atoms with E-state index in [4.69, 9.17) is 0 Å². The third kappa shape index (κ3) is 2.73. The van der Waals surface area contributed by atoms with Gasteiger partial charge in [-0.25, -0.2) is 9.97 Å². The molecule has 0 unspecified atom stereocenters. The first-order chi connectivity index (χ1) is 12.7. The Bertz CT molecular complexity index is 993. The second-order valence-corrected chi connectivity index (χ2v) is 6.03. The Labute approximate surface area is 150 Å². The number of hydrogen-bond acceptors (Lipinski definition) is 5. The van der Waals surface area contributed by atoms with Crippen LogP contribution < -0.4 is 10.2 Å². The van der Waals surface area contributed by atoms with Gasteiger partial charge in [-0.1, -0.05) is 12.2 Å². The average molecular weight is 346 g/mol.